The van der Waals surface area contributed by atoms with Crippen LogP contribution in [-0.4, -0.2) is 20.0 Å². The summed E-state index contributed by atoms with van der Waals surface area (Å²) in [7, 11) is 4.04. The molecule has 3 nitrogen and oxygen atoms in total. The second kappa shape index (κ2) is 6.86. The van der Waals surface area contributed by atoms with E-state index in [9.17, 15) is 4.79 Å². The summed E-state index contributed by atoms with van der Waals surface area (Å²) >= 11 is 0. The van der Waals surface area contributed by atoms with Crippen molar-refractivity contribution >= 4 is 11.6 Å². The smallest absolute Gasteiger partial charge is 0.251 e. The Hall–Kier alpha value is -2.29. The molecule has 0 unspecified atom stereocenters. The molecule has 0 spiro atoms. The Morgan fingerprint density at radius 3 is 2.39 bits per heavy atom. The van der Waals surface area contributed by atoms with E-state index in [1.165, 1.54) is 24.0 Å². The molecule has 0 radical (unpaired) electrons. The molecule has 0 saturated carbocycles. The standard InChI is InChI=1S/C20H24N2O/c1-22(2)19-11-7-15(8-12-19)14-21-20(23)18-10-9-16-5-3-4-6-17(16)13-18/h7-13H,3-6,14H2,1-2H3,(H,21,23). The molecule has 0 bridgehead atoms. The Balaban J connectivity index is 1.63. The summed E-state index contributed by atoms with van der Waals surface area (Å²) in [6, 6.07) is 14.4. The summed E-state index contributed by atoms with van der Waals surface area (Å²) in [6.45, 7) is 0.559. The number of rotatable bonds is 4. The van der Waals surface area contributed by atoms with Crippen molar-refractivity contribution in [2.75, 3.05) is 19.0 Å². The zero-order valence-electron chi connectivity index (χ0n) is 13.9. The molecule has 0 aromatic heterocycles. The fourth-order valence-corrected chi connectivity index (χ4v) is 3.07. The summed E-state index contributed by atoms with van der Waals surface area (Å²) in [6.07, 6.45) is 4.75. The lowest BCUT2D eigenvalue weighted by Crippen LogP contribution is -2.23. The SMILES string of the molecule is CN(C)c1ccc(CNC(=O)c2ccc3c(c2)CCCC3)cc1. The lowest BCUT2D eigenvalue weighted by atomic mass is 9.90. The van der Waals surface area contributed by atoms with E-state index in [1.54, 1.807) is 0 Å². The highest BCUT2D eigenvalue weighted by atomic mass is 16.1. The molecule has 3 heteroatoms. The quantitative estimate of drug-likeness (QED) is 0.936. The van der Waals surface area contributed by atoms with Crippen molar-refractivity contribution in [3.05, 3.63) is 64.7 Å². The number of carbonyl (C=O) groups is 1. The van der Waals surface area contributed by atoms with Crippen LogP contribution in [0.15, 0.2) is 42.5 Å². The summed E-state index contributed by atoms with van der Waals surface area (Å²) in [5.41, 5.74) is 5.80. The Labute approximate surface area is 138 Å². The third kappa shape index (κ3) is 3.73. The molecule has 0 fully saturated rings. The number of aryl methyl sites for hydroxylation is 2. The van der Waals surface area contributed by atoms with Crippen molar-refractivity contribution in [2.45, 2.75) is 32.2 Å². The molecular formula is C20H24N2O. The third-order valence-corrected chi connectivity index (χ3v) is 4.52. The van der Waals surface area contributed by atoms with E-state index < -0.39 is 0 Å². The van der Waals surface area contributed by atoms with Crippen LogP contribution in [0.5, 0.6) is 0 Å². The van der Waals surface area contributed by atoms with E-state index in [4.69, 9.17) is 0 Å². The van der Waals surface area contributed by atoms with Gasteiger partial charge in [0.1, 0.15) is 0 Å². The number of benzene rings is 2. The maximum atomic E-state index is 12.4. The van der Waals surface area contributed by atoms with Gasteiger partial charge in [0.15, 0.2) is 0 Å². The van der Waals surface area contributed by atoms with Crippen molar-refractivity contribution in [3.63, 3.8) is 0 Å². The van der Waals surface area contributed by atoms with Crippen molar-refractivity contribution in [1.82, 2.24) is 5.32 Å². The van der Waals surface area contributed by atoms with Gasteiger partial charge in [-0.25, -0.2) is 0 Å². The highest BCUT2D eigenvalue weighted by Gasteiger charge is 2.12. The summed E-state index contributed by atoms with van der Waals surface area (Å²) < 4.78 is 0. The van der Waals surface area contributed by atoms with Crippen LogP contribution in [0.4, 0.5) is 5.69 Å². The molecule has 0 saturated heterocycles. The monoisotopic (exact) mass is 308 g/mol. The number of hydrogen-bond acceptors (Lipinski definition) is 2. The topological polar surface area (TPSA) is 32.3 Å². The van der Waals surface area contributed by atoms with E-state index in [2.05, 4.69) is 46.6 Å². The molecule has 2 aromatic rings. The van der Waals surface area contributed by atoms with Crippen LogP contribution in [0.2, 0.25) is 0 Å². The summed E-state index contributed by atoms with van der Waals surface area (Å²) in [5, 5.41) is 3.02. The first-order chi connectivity index (χ1) is 11.1. The number of hydrogen-bond donors (Lipinski definition) is 1. The van der Waals surface area contributed by atoms with Gasteiger partial charge in [-0.1, -0.05) is 18.2 Å². The molecule has 0 atom stereocenters. The first-order valence-electron chi connectivity index (χ1n) is 8.30. The number of amides is 1. The second-order valence-electron chi connectivity index (χ2n) is 6.43. The van der Waals surface area contributed by atoms with E-state index in [0.29, 0.717) is 6.54 Å². The van der Waals surface area contributed by atoms with Gasteiger partial charge in [0.05, 0.1) is 0 Å². The van der Waals surface area contributed by atoms with E-state index in [1.807, 2.05) is 20.2 Å². The van der Waals surface area contributed by atoms with Gasteiger partial charge in [-0.05, 0) is 66.6 Å². The largest absolute Gasteiger partial charge is 0.378 e. The van der Waals surface area contributed by atoms with E-state index >= 15 is 0 Å². The molecule has 120 valence electrons. The lowest BCUT2D eigenvalue weighted by molar-refractivity contribution is 0.0951. The van der Waals surface area contributed by atoms with Crippen LogP contribution in [-0.2, 0) is 19.4 Å². The van der Waals surface area contributed by atoms with Gasteiger partial charge >= 0.3 is 0 Å². The van der Waals surface area contributed by atoms with Crippen LogP contribution in [0.1, 0.15) is 39.9 Å². The van der Waals surface area contributed by atoms with Crippen LogP contribution >= 0.6 is 0 Å². The number of nitrogens with zero attached hydrogens (tertiary/aromatic N) is 1. The van der Waals surface area contributed by atoms with E-state index in [0.717, 1.165) is 29.7 Å². The Bertz CT molecular complexity index is 689. The Morgan fingerprint density at radius 2 is 1.70 bits per heavy atom. The zero-order chi connectivity index (χ0) is 16.2. The number of fused-ring (bicyclic) bond motifs is 1. The normalized spacial score (nSPS) is 13.3. The number of carbonyl (C=O) groups excluding carboxylic acids is 1. The molecule has 3 rings (SSSR count). The fourth-order valence-electron chi connectivity index (χ4n) is 3.07. The van der Waals surface area contributed by atoms with Gasteiger partial charge in [0, 0.05) is 31.9 Å². The lowest BCUT2D eigenvalue weighted by Gasteiger charge is -2.16. The molecule has 1 N–H and O–H groups in total. The van der Waals surface area contributed by atoms with Gasteiger partial charge in [-0.2, -0.15) is 0 Å². The van der Waals surface area contributed by atoms with Crippen molar-refractivity contribution in [3.8, 4) is 0 Å². The zero-order valence-corrected chi connectivity index (χ0v) is 13.9. The van der Waals surface area contributed by atoms with E-state index in [-0.39, 0.29) is 5.91 Å². The summed E-state index contributed by atoms with van der Waals surface area (Å²) in [4.78, 5) is 14.4. The summed E-state index contributed by atoms with van der Waals surface area (Å²) in [5.74, 6) is 0.00931. The highest BCUT2D eigenvalue weighted by molar-refractivity contribution is 5.94. The van der Waals surface area contributed by atoms with Gasteiger partial charge in [-0.3, -0.25) is 4.79 Å². The third-order valence-electron chi connectivity index (χ3n) is 4.52. The van der Waals surface area contributed by atoms with Gasteiger partial charge in [0.2, 0.25) is 0 Å². The Kier molecular flexibility index (Phi) is 4.65. The Morgan fingerprint density at radius 1 is 1.00 bits per heavy atom. The minimum Gasteiger partial charge on any atom is -0.378 e. The molecule has 0 aliphatic heterocycles. The number of nitrogens with one attached hydrogen (secondary N) is 1. The maximum absolute atomic E-state index is 12.4. The minimum absolute atomic E-state index is 0.00931. The van der Waals surface area contributed by atoms with Crippen LogP contribution in [0.25, 0.3) is 0 Å². The minimum atomic E-state index is 0.00931. The molecule has 0 heterocycles. The maximum Gasteiger partial charge on any atom is 0.251 e. The predicted molar refractivity (Wildman–Crippen MR) is 95.0 cm³/mol. The fraction of sp³-hybridized carbons (Fsp3) is 0.350. The van der Waals surface area contributed by atoms with Crippen LogP contribution in [0.3, 0.4) is 0 Å². The molecule has 2 aromatic carbocycles. The van der Waals surface area contributed by atoms with Crippen LogP contribution < -0.4 is 10.2 Å². The van der Waals surface area contributed by atoms with Gasteiger partial charge in [-0.15, -0.1) is 0 Å². The van der Waals surface area contributed by atoms with Gasteiger partial charge < -0.3 is 10.2 Å². The van der Waals surface area contributed by atoms with Crippen molar-refractivity contribution in [1.29, 1.82) is 0 Å². The molecule has 23 heavy (non-hydrogen) atoms. The van der Waals surface area contributed by atoms with Crippen molar-refractivity contribution < 1.29 is 4.79 Å². The molecule has 1 amide bonds. The molecular weight excluding hydrogens is 284 g/mol. The average molecular weight is 308 g/mol. The first kappa shape index (κ1) is 15.6. The predicted octanol–water partition coefficient (Wildman–Crippen LogP) is 3.56. The average Bonchev–Trinajstić information content (AvgIpc) is 2.59. The van der Waals surface area contributed by atoms with Crippen molar-refractivity contribution in [2.24, 2.45) is 0 Å². The first-order valence-corrected chi connectivity index (χ1v) is 8.30. The number of anilines is 1. The second-order valence-corrected chi connectivity index (χ2v) is 6.43. The molecule has 1 aliphatic rings. The van der Waals surface area contributed by atoms with Gasteiger partial charge in [0.25, 0.3) is 5.91 Å². The van der Waals surface area contributed by atoms with Crippen LogP contribution in [0, 0.1) is 0 Å². The molecule has 1 aliphatic carbocycles. The highest BCUT2D eigenvalue weighted by Crippen LogP contribution is 2.22.